The lowest BCUT2D eigenvalue weighted by Gasteiger charge is -2.44. The fourth-order valence-electron chi connectivity index (χ4n) is 5.35. The molecule has 3 aromatic rings. The minimum Gasteiger partial charge on any atom is -0.360 e. The second kappa shape index (κ2) is 10.1. The van der Waals surface area contributed by atoms with E-state index in [9.17, 15) is 14.4 Å². The summed E-state index contributed by atoms with van der Waals surface area (Å²) >= 11 is 6.55. The summed E-state index contributed by atoms with van der Waals surface area (Å²) in [5.74, 6) is -1.21. The van der Waals surface area contributed by atoms with Gasteiger partial charge >= 0.3 is 0 Å². The van der Waals surface area contributed by atoms with Crippen molar-refractivity contribution in [2.75, 3.05) is 26.2 Å². The number of nitrogens with one attached hydrogen (secondary N) is 1. The van der Waals surface area contributed by atoms with Crippen LogP contribution in [0.5, 0.6) is 0 Å². The van der Waals surface area contributed by atoms with Gasteiger partial charge in [-0.15, -0.1) is 0 Å². The molecule has 3 heterocycles. The van der Waals surface area contributed by atoms with Gasteiger partial charge in [-0.3, -0.25) is 19.3 Å². The van der Waals surface area contributed by atoms with Crippen LogP contribution in [0.3, 0.4) is 0 Å². The number of H-pyrrole nitrogens is 1. The highest BCUT2D eigenvalue weighted by Crippen LogP contribution is 2.30. The molecule has 8 heteroatoms. The van der Waals surface area contributed by atoms with Crippen LogP contribution in [-0.4, -0.2) is 75.5 Å². The van der Waals surface area contributed by atoms with Crippen molar-refractivity contribution in [3.63, 3.8) is 0 Å². The highest BCUT2D eigenvalue weighted by Gasteiger charge is 2.34. The summed E-state index contributed by atoms with van der Waals surface area (Å²) < 4.78 is 0. The Kier molecular flexibility index (Phi) is 6.86. The van der Waals surface area contributed by atoms with Crippen molar-refractivity contribution in [2.45, 2.75) is 45.3 Å². The number of carbonyl (C=O) groups is 3. The molecule has 2 aliphatic rings. The summed E-state index contributed by atoms with van der Waals surface area (Å²) in [5, 5.41) is 0.870. The van der Waals surface area contributed by atoms with Gasteiger partial charge in [-0.1, -0.05) is 41.9 Å². The molecule has 2 amide bonds. The number of fused-ring (bicyclic) bond motifs is 1. The van der Waals surface area contributed by atoms with Gasteiger partial charge in [-0.05, 0) is 44.4 Å². The van der Waals surface area contributed by atoms with E-state index in [2.05, 4.69) is 28.9 Å². The van der Waals surface area contributed by atoms with Crippen LogP contribution in [0.15, 0.2) is 48.7 Å². The van der Waals surface area contributed by atoms with Gasteiger partial charge in [-0.25, -0.2) is 0 Å². The molecule has 2 atom stereocenters. The molecule has 36 heavy (non-hydrogen) atoms. The first-order valence-electron chi connectivity index (χ1n) is 12.6. The zero-order chi connectivity index (χ0) is 25.4. The molecule has 0 radical (unpaired) electrons. The minimum atomic E-state index is -0.555. The topological polar surface area (TPSA) is 76.7 Å². The molecule has 0 saturated carbocycles. The Bertz CT molecular complexity index is 1300. The molecule has 2 saturated heterocycles. The number of halogens is 1. The second-order valence-electron chi connectivity index (χ2n) is 9.98. The number of amides is 2. The molecule has 0 bridgehead atoms. The van der Waals surface area contributed by atoms with Gasteiger partial charge in [0.05, 0.1) is 16.1 Å². The number of benzene rings is 2. The van der Waals surface area contributed by atoms with Gasteiger partial charge in [-0.2, -0.15) is 0 Å². The van der Waals surface area contributed by atoms with E-state index in [1.807, 2.05) is 30.0 Å². The number of hydrogen-bond donors (Lipinski definition) is 1. The van der Waals surface area contributed by atoms with Gasteiger partial charge in [0.1, 0.15) is 0 Å². The lowest BCUT2D eigenvalue weighted by Crippen LogP contribution is -2.57. The van der Waals surface area contributed by atoms with Crippen LogP contribution in [0.25, 0.3) is 10.9 Å². The molecule has 2 aromatic carbocycles. The summed E-state index contributed by atoms with van der Waals surface area (Å²) in [7, 11) is 0. The first-order chi connectivity index (χ1) is 17.3. The number of ketones is 1. The summed E-state index contributed by atoms with van der Waals surface area (Å²) in [6, 6.07) is 13.8. The smallest absolute Gasteiger partial charge is 0.295 e. The van der Waals surface area contributed by atoms with E-state index in [0.29, 0.717) is 41.1 Å². The van der Waals surface area contributed by atoms with Crippen LogP contribution in [0.2, 0.25) is 5.02 Å². The number of carbonyl (C=O) groups excluding carboxylic acids is 3. The van der Waals surface area contributed by atoms with E-state index in [4.69, 9.17) is 11.6 Å². The van der Waals surface area contributed by atoms with Gasteiger partial charge in [0.25, 0.3) is 17.6 Å². The zero-order valence-corrected chi connectivity index (χ0v) is 21.4. The van der Waals surface area contributed by atoms with Crippen molar-refractivity contribution in [1.29, 1.82) is 0 Å². The van der Waals surface area contributed by atoms with E-state index < -0.39 is 11.7 Å². The first-order valence-corrected chi connectivity index (χ1v) is 12.9. The lowest BCUT2D eigenvalue weighted by atomic mass is 10.0. The molecule has 1 N–H and O–H groups in total. The highest BCUT2D eigenvalue weighted by atomic mass is 35.5. The van der Waals surface area contributed by atoms with E-state index in [1.54, 1.807) is 23.2 Å². The van der Waals surface area contributed by atoms with Crippen LogP contribution in [-0.2, 0) is 11.3 Å². The van der Waals surface area contributed by atoms with Crippen molar-refractivity contribution in [1.82, 2.24) is 19.7 Å². The molecule has 5 rings (SSSR count). The molecular formula is C28H31ClN4O3. The van der Waals surface area contributed by atoms with Crippen molar-refractivity contribution < 1.29 is 14.4 Å². The maximum absolute atomic E-state index is 13.7. The van der Waals surface area contributed by atoms with Crippen LogP contribution in [0, 0.1) is 0 Å². The largest absolute Gasteiger partial charge is 0.360 e. The van der Waals surface area contributed by atoms with E-state index >= 15 is 0 Å². The number of aromatic amines is 1. The predicted molar refractivity (Wildman–Crippen MR) is 140 cm³/mol. The zero-order valence-electron chi connectivity index (χ0n) is 20.7. The Hall–Kier alpha value is -3.16. The van der Waals surface area contributed by atoms with Gasteiger partial charge in [0, 0.05) is 61.9 Å². The molecule has 0 spiro atoms. The lowest BCUT2D eigenvalue weighted by molar-refractivity contribution is -0.125. The average Bonchev–Trinajstić information content (AvgIpc) is 3.55. The molecule has 1 aromatic heterocycles. The summed E-state index contributed by atoms with van der Waals surface area (Å²) in [6.45, 7) is 7.55. The van der Waals surface area contributed by atoms with Crippen molar-refractivity contribution >= 4 is 40.1 Å². The molecule has 2 fully saturated rings. The van der Waals surface area contributed by atoms with Gasteiger partial charge < -0.3 is 14.8 Å². The SMILES string of the molecule is CC1CN(C(=O)c2cc3c(C(=O)C(=O)N4CCCC4)c[nH]c3cc2Cl)C(C)CN1Cc1ccccc1. The average molecular weight is 507 g/mol. The number of rotatable bonds is 5. The third-order valence-corrected chi connectivity index (χ3v) is 7.75. The Balaban J connectivity index is 1.37. The molecule has 0 aliphatic carbocycles. The molecular weight excluding hydrogens is 476 g/mol. The monoisotopic (exact) mass is 506 g/mol. The number of piperazine rings is 1. The van der Waals surface area contributed by atoms with Crippen molar-refractivity contribution in [3.05, 3.63) is 70.4 Å². The quantitative estimate of drug-likeness (QED) is 0.412. The Labute approximate surface area is 216 Å². The summed E-state index contributed by atoms with van der Waals surface area (Å²) in [5.41, 5.74) is 2.50. The van der Waals surface area contributed by atoms with Crippen LogP contribution in [0.4, 0.5) is 0 Å². The molecule has 188 valence electrons. The Morgan fingerprint density at radius 1 is 0.972 bits per heavy atom. The maximum atomic E-state index is 13.7. The number of likely N-dealkylation sites (tertiary alicyclic amines) is 1. The fourth-order valence-corrected chi connectivity index (χ4v) is 5.59. The first kappa shape index (κ1) is 24.5. The standard InChI is InChI=1S/C28H31ClN4O3/c1-18-16-33(19(2)15-32(18)17-20-8-4-3-5-9-20)27(35)22-12-21-23(14-30-25(21)13-24(22)29)26(34)28(36)31-10-6-7-11-31/h3-5,8-9,12-14,18-19,30H,6-7,10-11,15-17H2,1-2H3. The Morgan fingerprint density at radius 3 is 2.42 bits per heavy atom. The van der Waals surface area contributed by atoms with Crippen molar-refractivity contribution in [2.24, 2.45) is 0 Å². The molecule has 2 aliphatic heterocycles. The van der Waals surface area contributed by atoms with E-state index in [0.717, 1.165) is 25.9 Å². The highest BCUT2D eigenvalue weighted by molar-refractivity contribution is 6.45. The van der Waals surface area contributed by atoms with E-state index in [1.165, 1.54) is 5.56 Å². The summed E-state index contributed by atoms with van der Waals surface area (Å²) in [4.78, 5) is 48.3. The van der Waals surface area contributed by atoms with Crippen LogP contribution in [0.1, 0.15) is 53.0 Å². The predicted octanol–water partition coefficient (Wildman–Crippen LogP) is 4.36. The number of hydrogen-bond acceptors (Lipinski definition) is 4. The normalized spacial score (nSPS) is 20.8. The number of aromatic nitrogens is 1. The second-order valence-corrected chi connectivity index (χ2v) is 10.4. The van der Waals surface area contributed by atoms with Gasteiger partial charge in [0.2, 0.25) is 0 Å². The number of Topliss-reactive ketones (excluding diaryl/α,β-unsaturated/α-hetero) is 1. The maximum Gasteiger partial charge on any atom is 0.295 e. The number of nitrogens with zero attached hydrogens (tertiary/aromatic N) is 3. The van der Waals surface area contributed by atoms with Crippen molar-refractivity contribution in [3.8, 4) is 0 Å². The third-order valence-electron chi connectivity index (χ3n) is 7.44. The summed E-state index contributed by atoms with van der Waals surface area (Å²) in [6.07, 6.45) is 3.37. The minimum absolute atomic E-state index is 0.00625. The molecule has 2 unspecified atom stereocenters. The van der Waals surface area contributed by atoms with Crippen LogP contribution < -0.4 is 0 Å². The van der Waals surface area contributed by atoms with E-state index in [-0.39, 0.29) is 23.6 Å². The Morgan fingerprint density at radius 2 is 1.69 bits per heavy atom. The fraction of sp³-hybridized carbons (Fsp3) is 0.393. The molecule has 7 nitrogen and oxygen atoms in total. The third kappa shape index (κ3) is 4.65. The van der Waals surface area contributed by atoms with Gasteiger partial charge in [0.15, 0.2) is 0 Å². The van der Waals surface area contributed by atoms with Crippen LogP contribution >= 0.6 is 11.6 Å².